The number of piperazine rings is 1. The molecule has 0 aromatic rings. The van der Waals surface area contributed by atoms with Gasteiger partial charge in [0, 0.05) is 39.3 Å². The monoisotopic (exact) mass is 432 g/mol. The van der Waals surface area contributed by atoms with Crippen molar-refractivity contribution in [3.05, 3.63) is 0 Å². The van der Waals surface area contributed by atoms with Crippen molar-refractivity contribution in [2.45, 2.75) is 77.5 Å². The molecule has 168 valence electrons. The Kier molecular flexibility index (Phi) is 7.92. The maximum Gasteiger partial charge on any atom is 0.408 e. The van der Waals surface area contributed by atoms with Crippen LogP contribution in [-0.2, 0) is 19.7 Å². The number of carbonyl (C=O) groups excluding carboxylic acids is 2. The van der Waals surface area contributed by atoms with E-state index in [4.69, 9.17) is 4.74 Å². The highest BCUT2D eigenvalue weighted by Crippen LogP contribution is 2.25. The molecular weight excluding hydrogens is 396 g/mol. The van der Waals surface area contributed by atoms with Gasteiger partial charge in [0.25, 0.3) is 10.2 Å². The van der Waals surface area contributed by atoms with Gasteiger partial charge >= 0.3 is 6.09 Å². The second kappa shape index (κ2) is 9.61. The van der Waals surface area contributed by atoms with Crippen LogP contribution in [0.2, 0.25) is 0 Å². The highest BCUT2D eigenvalue weighted by atomic mass is 32.2. The highest BCUT2D eigenvalue weighted by Gasteiger charge is 2.36. The van der Waals surface area contributed by atoms with Crippen molar-refractivity contribution in [1.29, 1.82) is 0 Å². The Hall–Kier alpha value is -1.39. The fourth-order valence-electron chi connectivity index (χ4n) is 3.77. The van der Waals surface area contributed by atoms with E-state index in [1.165, 1.54) is 15.0 Å². The molecule has 2 rings (SSSR count). The summed E-state index contributed by atoms with van der Waals surface area (Å²) in [5.41, 5.74) is -0.642. The zero-order valence-electron chi connectivity index (χ0n) is 18.3. The molecule has 1 N–H and O–H groups in total. The largest absolute Gasteiger partial charge is 0.444 e. The second-order valence-electron chi connectivity index (χ2n) is 8.91. The molecule has 1 saturated heterocycles. The average molecular weight is 433 g/mol. The molecule has 0 bridgehead atoms. The summed E-state index contributed by atoms with van der Waals surface area (Å²) in [6.45, 7) is 7.98. The zero-order valence-corrected chi connectivity index (χ0v) is 19.1. The molecule has 0 aromatic heterocycles. The van der Waals surface area contributed by atoms with Gasteiger partial charge in [0.2, 0.25) is 5.91 Å². The van der Waals surface area contributed by atoms with Crippen molar-refractivity contribution in [1.82, 2.24) is 18.8 Å². The molecule has 2 aliphatic rings. The number of ether oxygens (including phenoxy) is 1. The van der Waals surface area contributed by atoms with E-state index in [-0.39, 0.29) is 25.0 Å². The summed E-state index contributed by atoms with van der Waals surface area (Å²) < 4.78 is 34.0. The van der Waals surface area contributed by atoms with Gasteiger partial charge in [-0.25, -0.2) is 4.79 Å². The van der Waals surface area contributed by atoms with Crippen LogP contribution >= 0.6 is 0 Å². The van der Waals surface area contributed by atoms with Crippen LogP contribution in [0.5, 0.6) is 0 Å². The fraction of sp³-hybridized carbons (Fsp3) is 0.895. The predicted octanol–water partition coefficient (Wildman–Crippen LogP) is 1.55. The van der Waals surface area contributed by atoms with Gasteiger partial charge in [-0.15, -0.1) is 0 Å². The van der Waals surface area contributed by atoms with E-state index in [1.54, 1.807) is 39.6 Å². The molecule has 0 spiro atoms. The van der Waals surface area contributed by atoms with E-state index in [0.717, 1.165) is 25.7 Å². The number of alkyl carbamates (subject to hydrolysis) is 1. The van der Waals surface area contributed by atoms with E-state index in [2.05, 4.69) is 5.32 Å². The maximum atomic E-state index is 12.9. The molecule has 2 fully saturated rings. The molecule has 1 unspecified atom stereocenters. The van der Waals surface area contributed by atoms with Crippen LogP contribution in [0.15, 0.2) is 0 Å². The summed E-state index contributed by atoms with van der Waals surface area (Å²) in [4.78, 5) is 26.1. The van der Waals surface area contributed by atoms with Gasteiger partial charge in [-0.1, -0.05) is 19.3 Å². The van der Waals surface area contributed by atoms with Crippen LogP contribution in [0, 0.1) is 0 Å². The van der Waals surface area contributed by atoms with Crippen molar-refractivity contribution in [3.8, 4) is 0 Å². The molecule has 29 heavy (non-hydrogen) atoms. The Labute approximate surface area is 174 Å². The fourth-order valence-corrected chi connectivity index (χ4v) is 5.35. The molecule has 1 saturated carbocycles. The highest BCUT2D eigenvalue weighted by molar-refractivity contribution is 7.86. The molecule has 1 aliphatic heterocycles. The number of rotatable bonds is 5. The Balaban J connectivity index is 1.87. The topological polar surface area (TPSA) is 99.3 Å². The smallest absolute Gasteiger partial charge is 0.408 e. The SMILES string of the molecule is CC(NC(=O)OC(C)(C)C)C(=O)N1CCN(S(=O)(=O)N(C)C2CCCCC2)CC1. The van der Waals surface area contributed by atoms with E-state index >= 15 is 0 Å². The van der Waals surface area contributed by atoms with Crippen molar-refractivity contribution in [2.24, 2.45) is 0 Å². The van der Waals surface area contributed by atoms with Crippen molar-refractivity contribution in [2.75, 3.05) is 33.2 Å². The zero-order chi connectivity index (χ0) is 21.8. The maximum absolute atomic E-state index is 12.9. The number of carbonyl (C=O) groups is 2. The van der Waals surface area contributed by atoms with Gasteiger partial charge in [-0.2, -0.15) is 17.0 Å². The summed E-state index contributed by atoms with van der Waals surface area (Å²) in [6, 6.07) is -0.676. The van der Waals surface area contributed by atoms with Gasteiger partial charge in [-0.3, -0.25) is 4.79 Å². The van der Waals surface area contributed by atoms with Crippen molar-refractivity contribution < 1.29 is 22.7 Å². The first-order valence-corrected chi connectivity index (χ1v) is 11.8. The van der Waals surface area contributed by atoms with E-state index in [9.17, 15) is 18.0 Å². The Bertz CT molecular complexity index is 677. The minimum atomic E-state index is -3.53. The Morgan fingerprint density at radius 1 is 1.07 bits per heavy atom. The van der Waals surface area contributed by atoms with Crippen molar-refractivity contribution in [3.63, 3.8) is 0 Å². The summed E-state index contributed by atoms with van der Waals surface area (Å²) in [5, 5.41) is 2.54. The first kappa shape index (κ1) is 23.9. The minimum absolute atomic E-state index is 0.0615. The quantitative estimate of drug-likeness (QED) is 0.711. The summed E-state index contributed by atoms with van der Waals surface area (Å²) in [6.07, 6.45) is 4.46. The molecule has 1 aliphatic carbocycles. The third kappa shape index (κ3) is 6.55. The van der Waals surface area contributed by atoms with Gasteiger partial charge in [0.05, 0.1) is 0 Å². The standard InChI is InChI=1S/C19H36N4O5S/c1-15(20-18(25)28-19(2,3)4)17(24)22-11-13-23(14-12-22)29(26,27)21(5)16-9-7-6-8-10-16/h15-16H,6-14H2,1-5H3,(H,20,25). The van der Waals surface area contributed by atoms with E-state index in [1.807, 2.05) is 0 Å². The van der Waals surface area contributed by atoms with Crippen LogP contribution in [0.1, 0.15) is 59.8 Å². The van der Waals surface area contributed by atoms with E-state index in [0.29, 0.717) is 13.1 Å². The Morgan fingerprint density at radius 3 is 2.14 bits per heavy atom. The van der Waals surface area contributed by atoms with Gasteiger partial charge < -0.3 is 15.0 Å². The lowest BCUT2D eigenvalue weighted by Crippen LogP contribution is -2.57. The average Bonchev–Trinajstić information content (AvgIpc) is 2.66. The number of amides is 2. The summed E-state index contributed by atoms with van der Waals surface area (Å²) in [7, 11) is -1.87. The second-order valence-corrected chi connectivity index (χ2v) is 10.9. The third-order valence-electron chi connectivity index (χ3n) is 5.43. The molecule has 1 heterocycles. The normalized spacial score (nSPS) is 21.1. The molecule has 0 aromatic carbocycles. The molecular formula is C19H36N4O5S. The lowest BCUT2D eigenvalue weighted by molar-refractivity contribution is -0.134. The van der Waals surface area contributed by atoms with Gasteiger partial charge in [-0.05, 0) is 40.5 Å². The van der Waals surface area contributed by atoms with Crippen LogP contribution < -0.4 is 5.32 Å². The van der Waals surface area contributed by atoms with E-state index < -0.39 is 27.9 Å². The third-order valence-corrected chi connectivity index (χ3v) is 7.48. The van der Waals surface area contributed by atoms with Crippen LogP contribution in [0.3, 0.4) is 0 Å². The predicted molar refractivity (Wildman–Crippen MR) is 111 cm³/mol. The lowest BCUT2D eigenvalue weighted by Gasteiger charge is -2.39. The first-order valence-electron chi connectivity index (χ1n) is 10.4. The molecule has 2 amide bonds. The van der Waals surface area contributed by atoms with Crippen LogP contribution in [-0.4, -0.2) is 84.8 Å². The van der Waals surface area contributed by atoms with Crippen molar-refractivity contribution >= 4 is 22.2 Å². The number of nitrogens with zero attached hydrogens (tertiary/aromatic N) is 3. The molecule has 10 heteroatoms. The lowest BCUT2D eigenvalue weighted by atomic mass is 9.96. The summed E-state index contributed by atoms with van der Waals surface area (Å²) >= 11 is 0. The summed E-state index contributed by atoms with van der Waals surface area (Å²) in [5.74, 6) is -0.242. The molecule has 0 radical (unpaired) electrons. The molecule has 1 atom stereocenters. The van der Waals surface area contributed by atoms with Gasteiger partial charge in [0.15, 0.2) is 0 Å². The first-order chi connectivity index (χ1) is 13.4. The number of hydrogen-bond acceptors (Lipinski definition) is 5. The Morgan fingerprint density at radius 2 is 1.62 bits per heavy atom. The number of hydrogen-bond donors (Lipinski definition) is 1. The van der Waals surface area contributed by atoms with Gasteiger partial charge in [0.1, 0.15) is 11.6 Å². The minimum Gasteiger partial charge on any atom is -0.444 e. The molecule has 9 nitrogen and oxygen atoms in total. The number of nitrogens with one attached hydrogen (secondary N) is 1. The van der Waals surface area contributed by atoms with Crippen LogP contribution in [0.4, 0.5) is 4.79 Å². The van der Waals surface area contributed by atoms with Crippen LogP contribution in [0.25, 0.3) is 0 Å².